The van der Waals surface area contributed by atoms with Gasteiger partial charge in [0.15, 0.2) is 0 Å². The Hall–Kier alpha value is -2.38. The molecular weight excluding hydrogens is 346 g/mol. The van der Waals surface area contributed by atoms with Crippen LogP contribution in [0.4, 0.5) is 0 Å². The van der Waals surface area contributed by atoms with Crippen LogP contribution in [0.1, 0.15) is 40.6 Å². The predicted octanol–water partition coefficient (Wildman–Crippen LogP) is 2.44. The Morgan fingerprint density at radius 1 is 1.37 bits per heavy atom. The molecule has 0 spiro atoms. The van der Waals surface area contributed by atoms with E-state index in [9.17, 15) is 4.79 Å². The molecule has 27 heavy (non-hydrogen) atoms. The molecule has 7 heteroatoms. The summed E-state index contributed by atoms with van der Waals surface area (Å²) in [4.78, 5) is 14.5. The van der Waals surface area contributed by atoms with Crippen LogP contribution in [0.2, 0.25) is 0 Å². The van der Waals surface area contributed by atoms with Gasteiger partial charge in [-0.2, -0.15) is 0 Å². The van der Waals surface area contributed by atoms with E-state index >= 15 is 0 Å². The van der Waals surface area contributed by atoms with Crippen LogP contribution in [-0.4, -0.2) is 56.4 Å². The van der Waals surface area contributed by atoms with Crippen LogP contribution in [-0.2, 0) is 11.3 Å². The predicted molar refractivity (Wildman–Crippen MR) is 101 cm³/mol. The van der Waals surface area contributed by atoms with E-state index in [-0.39, 0.29) is 17.6 Å². The monoisotopic (exact) mass is 373 g/mol. The molecule has 1 fully saturated rings. The largest absolute Gasteiger partial charge is 0.497 e. The molecule has 0 saturated carbocycles. The molecule has 3 rings (SSSR count). The molecule has 0 aliphatic carbocycles. The van der Waals surface area contributed by atoms with Gasteiger partial charge < -0.3 is 19.3 Å². The fraction of sp³-hybridized carbons (Fsp3) is 0.500. The SMILES string of the molecule is COCCNC(=O)c1cc(C2CCCN(Cc3cccc(OC)c3)C2)no1. The Morgan fingerprint density at radius 3 is 3.07 bits per heavy atom. The van der Waals surface area contributed by atoms with Crippen LogP contribution in [0.15, 0.2) is 34.9 Å². The van der Waals surface area contributed by atoms with Crippen LogP contribution >= 0.6 is 0 Å². The number of nitrogens with zero attached hydrogens (tertiary/aromatic N) is 2. The van der Waals surface area contributed by atoms with E-state index in [2.05, 4.69) is 27.5 Å². The Morgan fingerprint density at radius 2 is 2.26 bits per heavy atom. The Balaban J connectivity index is 1.58. The van der Waals surface area contributed by atoms with Crippen molar-refractivity contribution < 1.29 is 18.8 Å². The fourth-order valence-corrected chi connectivity index (χ4v) is 3.41. The maximum Gasteiger partial charge on any atom is 0.289 e. The molecule has 146 valence electrons. The van der Waals surface area contributed by atoms with Gasteiger partial charge in [-0.15, -0.1) is 0 Å². The van der Waals surface area contributed by atoms with Gasteiger partial charge in [0, 0.05) is 38.7 Å². The average Bonchev–Trinajstić information content (AvgIpc) is 3.19. The Bertz CT molecular complexity index is 746. The number of carbonyl (C=O) groups is 1. The summed E-state index contributed by atoms with van der Waals surface area (Å²) in [6.45, 7) is 3.73. The number of piperidine rings is 1. The second kappa shape index (κ2) is 9.53. The van der Waals surface area contributed by atoms with Crippen molar-refractivity contribution in [1.29, 1.82) is 0 Å². The highest BCUT2D eigenvalue weighted by atomic mass is 16.5. The molecule has 2 heterocycles. The minimum absolute atomic E-state index is 0.255. The molecule has 1 atom stereocenters. The number of hydrogen-bond acceptors (Lipinski definition) is 6. The molecule has 1 unspecified atom stereocenters. The van der Waals surface area contributed by atoms with Crippen LogP contribution < -0.4 is 10.1 Å². The lowest BCUT2D eigenvalue weighted by Gasteiger charge is -2.31. The number of carbonyl (C=O) groups excluding carboxylic acids is 1. The number of hydrogen-bond donors (Lipinski definition) is 1. The highest BCUT2D eigenvalue weighted by Gasteiger charge is 2.25. The molecule has 0 radical (unpaired) electrons. The number of benzene rings is 1. The standard InChI is InChI=1S/C20H27N3O4/c1-25-10-8-21-20(24)19-12-18(22-27-19)16-6-4-9-23(14-16)13-15-5-3-7-17(11-15)26-2/h3,5,7,11-12,16H,4,6,8-10,13-14H2,1-2H3,(H,21,24). The molecule has 1 aliphatic heterocycles. The normalized spacial score (nSPS) is 17.6. The minimum atomic E-state index is -0.255. The van der Waals surface area contributed by atoms with Crippen molar-refractivity contribution in [1.82, 2.24) is 15.4 Å². The molecule has 2 aromatic rings. The maximum absolute atomic E-state index is 12.1. The Kier molecular flexibility index (Phi) is 6.84. The second-order valence-electron chi connectivity index (χ2n) is 6.79. The van der Waals surface area contributed by atoms with Crippen molar-refractivity contribution >= 4 is 5.91 Å². The quantitative estimate of drug-likeness (QED) is 0.716. The third-order valence-electron chi connectivity index (χ3n) is 4.81. The lowest BCUT2D eigenvalue weighted by Crippen LogP contribution is -2.34. The zero-order chi connectivity index (χ0) is 19.1. The first-order valence-corrected chi connectivity index (χ1v) is 9.28. The number of rotatable bonds is 8. The summed E-state index contributed by atoms with van der Waals surface area (Å²) in [6.07, 6.45) is 2.14. The van der Waals surface area contributed by atoms with Crippen LogP contribution in [0, 0.1) is 0 Å². The van der Waals surface area contributed by atoms with Gasteiger partial charge in [-0.3, -0.25) is 9.69 Å². The topological polar surface area (TPSA) is 76.8 Å². The highest BCUT2D eigenvalue weighted by molar-refractivity contribution is 5.91. The lowest BCUT2D eigenvalue weighted by atomic mass is 9.94. The molecule has 1 aliphatic rings. The first-order valence-electron chi connectivity index (χ1n) is 9.28. The summed E-state index contributed by atoms with van der Waals surface area (Å²) in [6, 6.07) is 9.92. The fourth-order valence-electron chi connectivity index (χ4n) is 3.41. The number of aromatic nitrogens is 1. The van der Waals surface area contributed by atoms with Crippen molar-refractivity contribution in [2.24, 2.45) is 0 Å². The van der Waals surface area contributed by atoms with Gasteiger partial charge in [0.2, 0.25) is 5.76 Å². The van der Waals surface area contributed by atoms with E-state index in [1.165, 1.54) is 5.56 Å². The molecule has 1 aromatic carbocycles. The van der Waals surface area contributed by atoms with E-state index in [0.29, 0.717) is 13.2 Å². The first-order chi connectivity index (χ1) is 13.2. The van der Waals surface area contributed by atoms with E-state index in [4.69, 9.17) is 14.0 Å². The zero-order valence-electron chi connectivity index (χ0n) is 15.9. The van der Waals surface area contributed by atoms with E-state index in [1.54, 1.807) is 20.3 Å². The van der Waals surface area contributed by atoms with Gasteiger partial charge in [-0.05, 0) is 37.1 Å². The third-order valence-corrected chi connectivity index (χ3v) is 4.81. The summed E-state index contributed by atoms with van der Waals surface area (Å²) in [7, 11) is 3.28. The molecule has 1 aromatic heterocycles. The van der Waals surface area contributed by atoms with Crippen molar-refractivity contribution in [2.45, 2.75) is 25.3 Å². The van der Waals surface area contributed by atoms with Crippen LogP contribution in [0.25, 0.3) is 0 Å². The van der Waals surface area contributed by atoms with E-state index in [0.717, 1.165) is 43.9 Å². The number of methoxy groups -OCH3 is 2. The van der Waals surface area contributed by atoms with Crippen molar-refractivity contribution in [3.8, 4) is 5.75 Å². The summed E-state index contributed by atoms with van der Waals surface area (Å²) >= 11 is 0. The lowest BCUT2D eigenvalue weighted by molar-refractivity contribution is 0.0900. The molecule has 7 nitrogen and oxygen atoms in total. The van der Waals surface area contributed by atoms with Gasteiger partial charge >= 0.3 is 0 Å². The minimum Gasteiger partial charge on any atom is -0.497 e. The molecule has 1 N–H and O–H groups in total. The average molecular weight is 373 g/mol. The van der Waals surface area contributed by atoms with Crippen molar-refractivity contribution in [2.75, 3.05) is 40.5 Å². The number of likely N-dealkylation sites (tertiary alicyclic amines) is 1. The third kappa shape index (κ3) is 5.30. The first kappa shape index (κ1) is 19.4. The molecule has 1 amide bonds. The summed E-state index contributed by atoms with van der Waals surface area (Å²) in [5.41, 5.74) is 2.08. The number of ether oxygens (including phenoxy) is 2. The maximum atomic E-state index is 12.1. The van der Waals surface area contributed by atoms with Gasteiger partial charge in [-0.25, -0.2) is 0 Å². The highest BCUT2D eigenvalue weighted by Crippen LogP contribution is 2.28. The second-order valence-corrected chi connectivity index (χ2v) is 6.79. The van der Waals surface area contributed by atoms with Crippen LogP contribution in [0.3, 0.4) is 0 Å². The van der Waals surface area contributed by atoms with Gasteiger partial charge in [0.05, 0.1) is 19.4 Å². The van der Waals surface area contributed by atoms with Crippen molar-refractivity contribution in [3.63, 3.8) is 0 Å². The smallest absolute Gasteiger partial charge is 0.289 e. The summed E-state index contributed by atoms with van der Waals surface area (Å²) in [5.74, 6) is 1.15. The molecule has 0 bridgehead atoms. The van der Waals surface area contributed by atoms with Crippen molar-refractivity contribution in [3.05, 3.63) is 47.3 Å². The van der Waals surface area contributed by atoms with E-state index in [1.807, 2.05) is 12.1 Å². The zero-order valence-corrected chi connectivity index (χ0v) is 15.9. The number of amides is 1. The Labute approximate surface area is 159 Å². The van der Waals surface area contributed by atoms with Gasteiger partial charge in [-0.1, -0.05) is 17.3 Å². The number of nitrogens with one attached hydrogen (secondary N) is 1. The van der Waals surface area contributed by atoms with E-state index < -0.39 is 0 Å². The molecule has 1 saturated heterocycles. The summed E-state index contributed by atoms with van der Waals surface area (Å²) < 4.78 is 15.5. The van der Waals surface area contributed by atoms with Gasteiger partial charge in [0.1, 0.15) is 5.75 Å². The van der Waals surface area contributed by atoms with Gasteiger partial charge in [0.25, 0.3) is 5.91 Å². The van der Waals surface area contributed by atoms with Crippen LogP contribution in [0.5, 0.6) is 5.75 Å². The summed E-state index contributed by atoms with van der Waals surface area (Å²) in [5, 5.41) is 6.89. The molecular formula is C20H27N3O4.